The molecule has 3 aromatic carbocycles. The molecule has 0 fully saturated rings. The summed E-state index contributed by atoms with van der Waals surface area (Å²) in [6, 6.07) is 14.6. The molecule has 5 aromatic rings. The number of hydrogen-bond acceptors (Lipinski definition) is 8. The van der Waals surface area contributed by atoms with E-state index in [2.05, 4.69) is 20.7 Å². The number of rotatable bonds is 10. The van der Waals surface area contributed by atoms with Gasteiger partial charge in [-0.25, -0.2) is 23.1 Å². The summed E-state index contributed by atoms with van der Waals surface area (Å²) in [5, 5.41) is 9.98. The predicted octanol–water partition coefficient (Wildman–Crippen LogP) is 6.05. The third kappa shape index (κ3) is 7.53. The molecule has 0 saturated carbocycles. The van der Waals surface area contributed by atoms with E-state index in [9.17, 15) is 28.0 Å². The van der Waals surface area contributed by atoms with E-state index in [-0.39, 0.29) is 41.3 Å². The zero-order valence-electron chi connectivity index (χ0n) is 29.3. The number of halogens is 2. The number of Topliss-reactive ketones (excluding diaryl/α,β-unsaturated/α-hetero) is 1. The van der Waals surface area contributed by atoms with Crippen molar-refractivity contribution in [2.75, 3.05) is 7.11 Å². The van der Waals surface area contributed by atoms with Gasteiger partial charge in [0, 0.05) is 19.0 Å². The van der Waals surface area contributed by atoms with Crippen molar-refractivity contribution in [3.63, 3.8) is 0 Å². The number of amides is 2. The van der Waals surface area contributed by atoms with E-state index in [0.29, 0.717) is 35.3 Å². The average Bonchev–Trinajstić information content (AvgIpc) is 3.72. The number of carbonyl (C=O) groups excluding carboxylic acids is 4. The second-order valence-corrected chi connectivity index (χ2v) is 13.6. The van der Waals surface area contributed by atoms with Gasteiger partial charge >= 0.3 is 5.97 Å². The maximum Gasteiger partial charge on any atom is 0.338 e. The van der Waals surface area contributed by atoms with Crippen molar-refractivity contribution in [3.8, 4) is 5.75 Å². The Bertz CT molecular complexity index is 2230. The van der Waals surface area contributed by atoms with Crippen molar-refractivity contribution in [1.29, 1.82) is 0 Å². The van der Waals surface area contributed by atoms with Crippen LogP contribution in [0.3, 0.4) is 0 Å². The fourth-order valence-electron chi connectivity index (χ4n) is 6.20. The Morgan fingerprint density at radius 3 is 2.35 bits per heavy atom. The summed E-state index contributed by atoms with van der Waals surface area (Å²) >= 11 is 0. The quantitative estimate of drug-likeness (QED) is 0.132. The molecule has 2 amide bonds. The number of hydrogen-bond donors (Lipinski definition) is 2. The molecule has 2 N–H and O–H groups in total. The second kappa shape index (κ2) is 14.3. The number of carbonyl (C=O) groups is 4. The summed E-state index contributed by atoms with van der Waals surface area (Å²) in [5.41, 5.74) is 3.22. The Morgan fingerprint density at radius 2 is 1.65 bits per heavy atom. The Kier molecular flexibility index (Phi) is 9.88. The largest absolute Gasteiger partial charge is 0.497 e. The van der Waals surface area contributed by atoms with Crippen molar-refractivity contribution in [2.45, 2.75) is 65.1 Å². The topological polar surface area (TPSA) is 141 Å². The van der Waals surface area contributed by atoms with Crippen LogP contribution in [0.2, 0.25) is 0 Å². The first-order chi connectivity index (χ1) is 24.7. The first-order valence-electron chi connectivity index (χ1n) is 16.7. The van der Waals surface area contributed by atoms with Crippen LogP contribution in [-0.4, -0.2) is 50.9 Å². The molecular weight excluding hydrogens is 672 g/mol. The van der Waals surface area contributed by atoms with E-state index in [1.165, 1.54) is 22.8 Å². The lowest BCUT2D eigenvalue weighted by atomic mass is 9.97. The van der Waals surface area contributed by atoms with Crippen LogP contribution in [0.4, 0.5) is 8.78 Å². The van der Waals surface area contributed by atoms with Gasteiger partial charge in [0.05, 0.1) is 30.5 Å². The summed E-state index contributed by atoms with van der Waals surface area (Å²) in [6.45, 7) is 7.10. The van der Waals surface area contributed by atoms with E-state index in [1.54, 1.807) is 58.2 Å². The number of esters is 1. The minimum atomic E-state index is -1.06. The molecule has 1 atom stereocenters. The smallest absolute Gasteiger partial charge is 0.338 e. The molecule has 0 unspecified atom stereocenters. The van der Waals surface area contributed by atoms with E-state index in [0.717, 1.165) is 28.8 Å². The van der Waals surface area contributed by atoms with Crippen molar-refractivity contribution in [3.05, 3.63) is 129 Å². The molecule has 2 aromatic heterocycles. The maximum atomic E-state index is 14.0. The number of methoxy groups -OCH3 is 1. The number of ether oxygens (including phenoxy) is 2. The minimum Gasteiger partial charge on any atom is -0.497 e. The second-order valence-electron chi connectivity index (χ2n) is 13.6. The molecule has 1 aliphatic rings. The van der Waals surface area contributed by atoms with Gasteiger partial charge in [0.2, 0.25) is 0 Å². The lowest BCUT2D eigenvalue weighted by Gasteiger charge is -2.21. The molecule has 52 heavy (non-hydrogen) atoms. The van der Waals surface area contributed by atoms with Gasteiger partial charge in [0.15, 0.2) is 23.1 Å². The normalized spacial score (nSPS) is 13.8. The Hall–Kier alpha value is -5.98. The van der Waals surface area contributed by atoms with Crippen LogP contribution in [0, 0.1) is 18.6 Å². The number of benzene rings is 3. The highest BCUT2D eigenvalue weighted by Crippen LogP contribution is 2.35. The molecule has 0 saturated heterocycles. The Balaban J connectivity index is 1.31. The van der Waals surface area contributed by atoms with Crippen molar-refractivity contribution < 1.29 is 37.4 Å². The molecule has 1 aliphatic carbocycles. The van der Waals surface area contributed by atoms with Crippen LogP contribution in [-0.2, 0) is 24.1 Å². The van der Waals surface area contributed by atoms with Crippen molar-refractivity contribution in [2.24, 2.45) is 0 Å². The van der Waals surface area contributed by atoms with Crippen molar-refractivity contribution in [1.82, 2.24) is 25.2 Å². The Labute approximate surface area is 298 Å². The SMILES string of the molecule is COc1ccc(CC(=O)c2cnn3c(C(=O)N[C@H]4CCc5c4ccc(C(=O)OC(C)(C)C)c5C)cc(C(=O)NCc4ccc(F)c(F)c4)nc23)cc1. The van der Waals surface area contributed by atoms with Gasteiger partial charge in [-0.05, 0) is 98.7 Å². The Morgan fingerprint density at radius 1 is 0.923 bits per heavy atom. The first-order valence-corrected chi connectivity index (χ1v) is 16.7. The number of nitrogens with one attached hydrogen (secondary N) is 2. The summed E-state index contributed by atoms with van der Waals surface area (Å²) < 4.78 is 39.3. The molecule has 6 rings (SSSR count). The van der Waals surface area contributed by atoms with Crippen LogP contribution in [0.25, 0.3) is 5.65 Å². The van der Waals surface area contributed by atoms with Gasteiger partial charge in [0.1, 0.15) is 22.7 Å². The van der Waals surface area contributed by atoms with Gasteiger partial charge < -0.3 is 20.1 Å². The fourth-order valence-corrected chi connectivity index (χ4v) is 6.20. The van der Waals surface area contributed by atoms with Gasteiger partial charge in [-0.1, -0.05) is 24.3 Å². The van der Waals surface area contributed by atoms with Crippen LogP contribution in [0.5, 0.6) is 5.75 Å². The molecule has 11 nitrogen and oxygen atoms in total. The molecular formula is C39H37F2N5O6. The fraction of sp³-hybridized carbons (Fsp3) is 0.282. The molecule has 0 radical (unpaired) electrons. The summed E-state index contributed by atoms with van der Waals surface area (Å²) in [6.07, 6.45) is 2.46. The first kappa shape index (κ1) is 35.8. The average molecular weight is 710 g/mol. The third-order valence-electron chi connectivity index (χ3n) is 8.82. The highest BCUT2D eigenvalue weighted by Gasteiger charge is 2.31. The summed E-state index contributed by atoms with van der Waals surface area (Å²) in [5.74, 6) is -3.51. The van der Waals surface area contributed by atoms with Crippen LogP contribution in [0.1, 0.15) is 103 Å². The van der Waals surface area contributed by atoms with Gasteiger partial charge in [-0.3, -0.25) is 14.4 Å². The van der Waals surface area contributed by atoms with E-state index in [1.807, 2.05) is 13.0 Å². The van der Waals surface area contributed by atoms with Crippen LogP contribution < -0.4 is 15.4 Å². The molecule has 0 aliphatic heterocycles. The number of ketones is 1. The van der Waals surface area contributed by atoms with E-state index < -0.39 is 41.1 Å². The maximum absolute atomic E-state index is 14.0. The molecule has 13 heteroatoms. The van der Waals surface area contributed by atoms with Crippen LogP contribution in [0.15, 0.2) is 66.9 Å². The molecule has 268 valence electrons. The molecule has 0 spiro atoms. The number of nitrogens with zero attached hydrogens (tertiary/aromatic N) is 3. The van der Waals surface area contributed by atoms with Gasteiger partial charge in [-0.2, -0.15) is 5.10 Å². The van der Waals surface area contributed by atoms with Crippen molar-refractivity contribution >= 4 is 29.2 Å². The standard InChI is InChI=1S/C39H37F2N5O6/c1-21-25-13-15-31(27(25)12-11-26(21)38(50)52-39(2,3)4)45-37(49)33-18-32(36(48)42-19-23-8-14-29(40)30(41)16-23)44-35-28(20-43-46(33)35)34(47)17-22-6-9-24(51-5)10-7-22/h6-12,14,16,18,20,31H,13,15,17,19H2,1-5H3,(H,42,48)(H,45,49)/t31-/m0/s1. The summed E-state index contributed by atoms with van der Waals surface area (Å²) in [4.78, 5) is 58.3. The lowest BCUT2D eigenvalue weighted by molar-refractivity contribution is 0.00682. The molecule has 0 bridgehead atoms. The van der Waals surface area contributed by atoms with Gasteiger partial charge in [0.25, 0.3) is 11.8 Å². The zero-order chi connectivity index (χ0) is 37.3. The molecule has 2 heterocycles. The highest BCUT2D eigenvalue weighted by molar-refractivity contribution is 6.04. The van der Waals surface area contributed by atoms with Gasteiger partial charge in [-0.15, -0.1) is 0 Å². The third-order valence-corrected chi connectivity index (χ3v) is 8.82. The highest BCUT2D eigenvalue weighted by atomic mass is 19.2. The summed E-state index contributed by atoms with van der Waals surface area (Å²) in [7, 11) is 1.54. The number of fused-ring (bicyclic) bond motifs is 2. The lowest BCUT2D eigenvalue weighted by Crippen LogP contribution is -2.31. The monoisotopic (exact) mass is 709 g/mol. The predicted molar refractivity (Wildman–Crippen MR) is 186 cm³/mol. The number of aromatic nitrogens is 3. The van der Waals surface area contributed by atoms with E-state index >= 15 is 0 Å². The van der Waals surface area contributed by atoms with Crippen LogP contribution >= 0.6 is 0 Å². The minimum absolute atomic E-state index is 0.00573. The van der Waals surface area contributed by atoms with E-state index in [4.69, 9.17) is 9.47 Å². The zero-order valence-corrected chi connectivity index (χ0v) is 29.3.